The second kappa shape index (κ2) is 5.33. The predicted molar refractivity (Wildman–Crippen MR) is 74.8 cm³/mol. The van der Waals surface area contributed by atoms with Crippen LogP contribution in [0.4, 0.5) is 0 Å². The fourth-order valence-corrected chi connectivity index (χ4v) is 2.72. The van der Waals surface area contributed by atoms with Crippen LogP contribution >= 0.6 is 0 Å². The molecule has 19 heavy (non-hydrogen) atoms. The summed E-state index contributed by atoms with van der Waals surface area (Å²) in [6.07, 6.45) is 5.82. The van der Waals surface area contributed by atoms with Crippen LogP contribution in [0, 0.1) is 12.8 Å². The van der Waals surface area contributed by atoms with E-state index >= 15 is 0 Å². The average Bonchev–Trinajstić information content (AvgIpc) is 2.73. The van der Waals surface area contributed by atoms with Crippen molar-refractivity contribution in [3.8, 4) is 0 Å². The van der Waals surface area contributed by atoms with Gasteiger partial charge in [-0.05, 0) is 38.5 Å². The number of amides is 1. The maximum absolute atomic E-state index is 12.4. The van der Waals surface area contributed by atoms with E-state index in [4.69, 9.17) is 5.73 Å². The van der Waals surface area contributed by atoms with E-state index in [1.807, 2.05) is 14.0 Å². The second-order valence-corrected chi connectivity index (χ2v) is 5.89. The highest BCUT2D eigenvalue weighted by Gasteiger charge is 2.35. The van der Waals surface area contributed by atoms with Gasteiger partial charge in [0.25, 0.3) is 5.91 Å². The Morgan fingerprint density at radius 3 is 2.68 bits per heavy atom. The molecule has 5 heteroatoms. The van der Waals surface area contributed by atoms with Gasteiger partial charge in [0, 0.05) is 19.3 Å². The Hall–Kier alpha value is -1.36. The van der Waals surface area contributed by atoms with Gasteiger partial charge in [0.05, 0.1) is 17.3 Å². The van der Waals surface area contributed by atoms with Crippen LogP contribution in [0.2, 0.25) is 0 Å². The Bertz CT molecular complexity index is 458. The highest BCUT2D eigenvalue weighted by molar-refractivity contribution is 5.95. The highest BCUT2D eigenvalue weighted by Crippen LogP contribution is 2.31. The number of nitrogens with zero attached hydrogens (tertiary/aromatic N) is 2. The molecular weight excluding hydrogens is 240 g/mol. The van der Waals surface area contributed by atoms with Gasteiger partial charge in [-0.1, -0.05) is 6.92 Å². The molecular formula is C14H24N4O. The van der Waals surface area contributed by atoms with Gasteiger partial charge < -0.3 is 11.1 Å². The largest absolute Gasteiger partial charge is 0.345 e. The van der Waals surface area contributed by atoms with Crippen molar-refractivity contribution in [3.05, 3.63) is 17.5 Å². The molecule has 5 nitrogen and oxygen atoms in total. The van der Waals surface area contributed by atoms with E-state index in [0.717, 1.165) is 37.3 Å². The molecule has 2 rings (SSSR count). The minimum atomic E-state index is -0.230. The van der Waals surface area contributed by atoms with Crippen LogP contribution < -0.4 is 11.1 Å². The van der Waals surface area contributed by atoms with Crippen molar-refractivity contribution < 1.29 is 4.79 Å². The smallest absolute Gasteiger partial charge is 0.255 e. The third-order valence-corrected chi connectivity index (χ3v) is 4.48. The number of hydrogen-bond donors (Lipinski definition) is 2. The van der Waals surface area contributed by atoms with Gasteiger partial charge in [-0.15, -0.1) is 0 Å². The van der Waals surface area contributed by atoms with Gasteiger partial charge in [-0.3, -0.25) is 9.48 Å². The number of aromatic nitrogens is 2. The van der Waals surface area contributed by atoms with Crippen molar-refractivity contribution in [2.75, 3.05) is 6.54 Å². The molecule has 1 aromatic rings. The summed E-state index contributed by atoms with van der Waals surface area (Å²) in [6.45, 7) is 4.66. The Balaban J connectivity index is 2.10. The normalized spacial score (nSPS) is 27.3. The monoisotopic (exact) mass is 264 g/mol. The van der Waals surface area contributed by atoms with Crippen molar-refractivity contribution in [1.82, 2.24) is 15.1 Å². The molecule has 0 spiro atoms. The van der Waals surface area contributed by atoms with E-state index in [2.05, 4.69) is 17.3 Å². The molecule has 1 aliphatic rings. The maximum atomic E-state index is 12.4. The molecule has 106 valence electrons. The number of aryl methyl sites for hydroxylation is 1. The minimum Gasteiger partial charge on any atom is -0.345 e. The lowest BCUT2D eigenvalue weighted by atomic mass is 9.77. The number of carbonyl (C=O) groups is 1. The number of nitrogens with two attached hydrogens (primary N) is 1. The molecule has 0 atom stereocenters. The number of nitrogens with one attached hydrogen (secondary N) is 1. The molecule has 0 bridgehead atoms. The quantitative estimate of drug-likeness (QED) is 0.866. The van der Waals surface area contributed by atoms with Crippen molar-refractivity contribution in [3.63, 3.8) is 0 Å². The molecule has 0 unspecified atom stereocenters. The third kappa shape index (κ3) is 2.81. The summed E-state index contributed by atoms with van der Waals surface area (Å²) in [7, 11) is 1.84. The first-order valence-corrected chi connectivity index (χ1v) is 6.98. The summed E-state index contributed by atoms with van der Waals surface area (Å²) < 4.78 is 1.72. The van der Waals surface area contributed by atoms with Crippen LogP contribution in [-0.4, -0.2) is 27.8 Å². The van der Waals surface area contributed by atoms with Crippen molar-refractivity contribution >= 4 is 5.91 Å². The molecule has 1 aromatic heterocycles. The fraction of sp³-hybridized carbons (Fsp3) is 0.714. The molecule has 1 fully saturated rings. The van der Waals surface area contributed by atoms with Crippen molar-refractivity contribution in [2.45, 2.75) is 45.1 Å². The number of hydrogen-bond acceptors (Lipinski definition) is 3. The molecule has 1 aliphatic carbocycles. The summed E-state index contributed by atoms with van der Waals surface area (Å²) >= 11 is 0. The third-order valence-electron chi connectivity index (χ3n) is 4.48. The first kappa shape index (κ1) is 14.1. The lowest BCUT2D eigenvalue weighted by Crippen LogP contribution is -2.55. The Morgan fingerprint density at radius 1 is 1.58 bits per heavy atom. The molecule has 3 N–H and O–H groups in total. The molecule has 0 aromatic carbocycles. The first-order chi connectivity index (χ1) is 8.97. The summed E-state index contributed by atoms with van der Waals surface area (Å²) in [5.74, 6) is 0.683. The minimum absolute atomic E-state index is 0.0504. The zero-order valence-corrected chi connectivity index (χ0v) is 12.1. The van der Waals surface area contributed by atoms with Crippen LogP contribution in [0.3, 0.4) is 0 Å². The Morgan fingerprint density at radius 2 is 2.21 bits per heavy atom. The van der Waals surface area contributed by atoms with E-state index in [1.165, 1.54) is 0 Å². The van der Waals surface area contributed by atoms with Crippen LogP contribution in [-0.2, 0) is 7.05 Å². The van der Waals surface area contributed by atoms with Crippen molar-refractivity contribution in [2.24, 2.45) is 18.7 Å². The van der Waals surface area contributed by atoms with Crippen LogP contribution in [0.25, 0.3) is 0 Å². The zero-order valence-electron chi connectivity index (χ0n) is 12.1. The van der Waals surface area contributed by atoms with Gasteiger partial charge in [0.2, 0.25) is 0 Å². The lowest BCUT2D eigenvalue weighted by Gasteiger charge is -2.39. The van der Waals surface area contributed by atoms with E-state index < -0.39 is 0 Å². The summed E-state index contributed by atoms with van der Waals surface area (Å²) in [6, 6.07) is 0. The Labute approximate surface area is 114 Å². The van der Waals surface area contributed by atoms with Crippen LogP contribution in [0.1, 0.15) is 48.7 Å². The SMILES string of the molecule is Cc1c(C(=O)NC2(CN)CCC(C)CC2)cnn1C. The standard InChI is InChI=1S/C14H24N4O/c1-10-4-6-14(9-15,7-5-10)17-13(19)12-8-16-18(3)11(12)2/h8,10H,4-7,9,15H2,1-3H3,(H,17,19). The number of carbonyl (C=O) groups excluding carboxylic acids is 1. The topological polar surface area (TPSA) is 72.9 Å². The van der Waals surface area contributed by atoms with E-state index in [-0.39, 0.29) is 11.4 Å². The summed E-state index contributed by atoms with van der Waals surface area (Å²) in [5, 5.41) is 7.27. The molecule has 0 saturated heterocycles. The van der Waals surface area contributed by atoms with Crippen molar-refractivity contribution in [1.29, 1.82) is 0 Å². The summed E-state index contributed by atoms with van der Waals surface area (Å²) in [4.78, 5) is 12.4. The molecule has 0 radical (unpaired) electrons. The van der Waals surface area contributed by atoms with Gasteiger partial charge >= 0.3 is 0 Å². The van der Waals surface area contributed by atoms with Gasteiger partial charge in [-0.2, -0.15) is 5.10 Å². The van der Waals surface area contributed by atoms with Gasteiger partial charge in [0.1, 0.15) is 0 Å². The molecule has 1 saturated carbocycles. The lowest BCUT2D eigenvalue weighted by molar-refractivity contribution is 0.0859. The van der Waals surface area contributed by atoms with Crippen LogP contribution in [0.5, 0.6) is 0 Å². The second-order valence-electron chi connectivity index (χ2n) is 5.89. The van der Waals surface area contributed by atoms with E-state index in [0.29, 0.717) is 12.1 Å². The fourth-order valence-electron chi connectivity index (χ4n) is 2.72. The highest BCUT2D eigenvalue weighted by atomic mass is 16.1. The van der Waals surface area contributed by atoms with Crippen LogP contribution in [0.15, 0.2) is 6.20 Å². The zero-order chi connectivity index (χ0) is 14.0. The summed E-state index contributed by atoms with van der Waals surface area (Å²) in [5.41, 5.74) is 7.22. The van der Waals surface area contributed by atoms with E-state index in [9.17, 15) is 4.79 Å². The number of rotatable bonds is 3. The first-order valence-electron chi connectivity index (χ1n) is 6.98. The molecule has 1 heterocycles. The molecule has 0 aliphatic heterocycles. The predicted octanol–water partition coefficient (Wildman–Crippen LogP) is 1.37. The van der Waals surface area contributed by atoms with E-state index in [1.54, 1.807) is 10.9 Å². The van der Waals surface area contributed by atoms with Gasteiger partial charge in [-0.25, -0.2) is 0 Å². The molecule has 1 amide bonds. The maximum Gasteiger partial charge on any atom is 0.255 e. The average molecular weight is 264 g/mol. The Kier molecular flexibility index (Phi) is 3.94. The van der Waals surface area contributed by atoms with Gasteiger partial charge in [0.15, 0.2) is 0 Å².